The van der Waals surface area contributed by atoms with E-state index in [0.29, 0.717) is 12.4 Å². The molecule has 0 unspecified atom stereocenters. The summed E-state index contributed by atoms with van der Waals surface area (Å²) >= 11 is 5.97. The number of nitrogens with one attached hydrogen (secondary N) is 1. The number of non-ortho nitro benzene ring substituents is 1. The van der Waals surface area contributed by atoms with E-state index in [-0.39, 0.29) is 16.3 Å². The van der Waals surface area contributed by atoms with Crippen molar-refractivity contribution in [2.75, 3.05) is 5.32 Å². The summed E-state index contributed by atoms with van der Waals surface area (Å²) in [5, 5.41) is 17.7. The molecule has 1 amide bonds. The molecule has 2 aromatic carbocycles. The van der Waals surface area contributed by atoms with E-state index in [1.807, 2.05) is 31.2 Å². The van der Waals surface area contributed by atoms with Crippen molar-refractivity contribution in [2.45, 2.75) is 13.5 Å². The first-order valence-corrected chi connectivity index (χ1v) is 8.15. The van der Waals surface area contributed by atoms with Gasteiger partial charge in [-0.25, -0.2) is 0 Å². The molecule has 0 spiro atoms. The molecule has 0 aliphatic rings. The molecule has 0 saturated heterocycles. The Morgan fingerprint density at radius 2 is 2.04 bits per heavy atom. The number of halogens is 1. The third-order valence-corrected chi connectivity index (χ3v) is 4.20. The fraction of sp³-hybridized carbons (Fsp3) is 0.111. The van der Waals surface area contributed by atoms with Gasteiger partial charge in [0.25, 0.3) is 11.6 Å². The maximum atomic E-state index is 12.3. The summed E-state index contributed by atoms with van der Waals surface area (Å²) in [7, 11) is 0. The zero-order valence-electron chi connectivity index (χ0n) is 13.8. The summed E-state index contributed by atoms with van der Waals surface area (Å²) in [6, 6.07) is 13.4. The van der Waals surface area contributed by atoms with Crippen molar-refractivity contribution in [3.8, 4) is 0 Å². The van der Waals surface area contributed by atoms with Crippen LogP contribution in [0.5, 0.6) is 0 Å². The third-order valence-electron chi connectivity index (χ3n) is 3.88. The summed E-state index contributed by atoms with van der Waals surface area (Å²) in [5.74, 6) is -0.107. The Bertz CT molecular complexity index is 984. The van der Waals surface area contributed by atoms with Gasteiger partial charge in [0, 0.05) is 24.4 Å². The highest BCUT2D eigenvalue weighted by Gasteiger charge is 2.16. The van der Waals surface area contributed by atoms with E-state index in [0.717, 1.165) is 17.2 Å². The fourth-order valence-electron chi connectivity index (χ4n) is 2.46. The van der Waals surface area contributed by atoms with Gasteiger partial charge < -0.3 is 5.32 Å². The van der Waals surface area contributed by atoms with E-state index in [4.69, 9.17) is 11.6 Å². The molecule has 1 N–H and O–H groups in total. The standard InChI is InChI=1S/C18H15ClN4O3/c1-12-4-2-3-5-13(12)11-22-9-8-17(21-22)20-18(24)15-7-6-14(23(25)26)10-16(15)19/h2-10H,11H2,1H3,(H,20,21,24). The third kappa shape index (κ3) is 3.89. The van der Waals surface area contributed by atoms with Gasteiger partial charge in [0.2, 0.25) is 0 Å². The lowest BCUT2D eigenvalue weighted by Gasteiger charge is -2.06. The SMILES string of the molecule is Cc1ccccc1Cn1ccc(NC(=O)c2ccc([N+](=O)[O-])cc2Cl)n1. The molecule has 132 valence electrons. The van der Waals surface area contributed by atoms with E-state index in [2.05, 4.69) is 10.4 Å². The fourth-order valence-corrected chi connectivity index (χ4v) is 2.72. The van der Waals surface area contributed by atoms with Crippen LogP contribution in [0.25, 0.3) is 0 Å². The minimum Gasteiger partial charge on any atom is -0.305 e. The molecular formula is C18H15ClN4O3. The average molecular weight is 371 g/mol. The van der Waals surface area contributed by atoms with Gasteiger partial charge >= 0.3 is 0 Å². The molecular weight excluding hydrogens is 356 g/mol. The van der Waals surface area contributed by atoms with Gasteiger partial charge in [-0.3, -0.25) is 19.6 Å². The first-order valence-electron chi connectivity index (χ1n) is 7.77. The number of carbonyl (C=O) groups is 1. The van der Waals surface area contributed by atoms with Crippen molar-refractivity contribution in [3.63, 3.8) is 0 Å². The van der Waals surface area contributed by atoms with Crippen LogP contribution in [-0.4, -0.2) is 20.6 Å². The Hall–Kier alpha value is -3.19. The Labute approximate surface area is 154 Å². The van der Waals surface area contributed by atoms with Gasteiger partial charge in [0.05, 0.1) is 22.1 Å². The molecule has 26 heavy (non-hydrogen) atoms. The maximum Gasteiger partial charge on any atom is 0.270 e. The number of hydrogen-bond donors (Lipinski definition) is 1. The largest absolute Gasteiger partial charge is 0.305 e. The monoisotopic (exact) mass is 370 g/mol. The second-order valence-electron chi connectivity index (χ2n) is 5.70. The quantitative estimate of drug-likeness (QED) is 0.541. The molecule has 1 aromatic heterocycles. The van der Waals surface area contributed by atoms with Crippen LogP contribution in [0.2, 0.25) is 5.02 Å². The van der Waals surface area contributed by atoms with Crippen LogP contribution in [0.1, 0.15) is 21.5 Å². The predicted octanol–water partition coefficient (Wildman–Crippen LogP) is 4.05. The van der Waals surface area contributed by atoms with Gasteiger partial charge in [-0.2, -0.15) is 5.10 Å². The molecule has 3 rings (SSSR count). The van der Waals surface area contributed by atoms with Crippen molar-refractivity contribution >= 4 is 29.0 Å². The van der Waals surface area contributed by atoms with Crippen molar-refractivity contribution in [2.24, 2.45) is 0 Å². The summed E-state index contributed by atoms with van der Waals surface area (Å²) < 4.78 is 1.72. The van der Waals surface area contributed by atoms with E-state index in [1.165, 1.54) is 12.1 Å². The number of hydrogen-bond acceptors (Lipinski definition) is 4. The lowest BCUT2D eigenvalue weighted by Crippen LogP contribution is -2.13. The molecule has 0 fully saturated rings. The lowest BCUT2D eigenvalue weighted by atomic mass is 10.1. The first kappa shape index (κ1) is 17.6. The van der Waals surface area contributed by atoms with Crippen LogP contribution in [0.4, 0.5) is 11.5 Å². The van der Waals surface area contributed by atoms with Gasteiger partial charge in [-0.05, 0) is 24.1 Å². The minimum atomic E-state index is -0.569. The van der Waals surface area contributed by atoms with Crippen LogP contribution in [0.3, 0.4) is 0 Å². The summed E-state index contributed by atoms with van der Waals surface area (Å²) in [6.07, 6.45) is 1.76. The first-order chi connectivity index (χ1) is 12.4. The highest BCUT2D eigenvalue weighted by molar-refractivity contribution is 6.34. The Kier molecular flexibility index (Phi) is 4.99. The molecule has 0 atom stereocenters. The molecule has 0 bridgehead atoms. The Balaban J connectivity index is 1.72. The van der Waals surface area contributed by atoms with E-state index >= 15 is 0 Å². The number of amides is 1. The van der Waals surface area contributed by atoms with Crippen molar-refractivity contribution in [3.05, 3.63) is 86.6 Å². The number of nitrogens with zero attached hydrogens (tertiary/aromatic N) is 3. The van der Waals surface area contributed by atoms with Gasteiger partial charge in [-0.15, -0.1) is 0 Å². The number of nitro groups is 1. The molecule has 0 aliphatic heterocycles. The number of carbonyl (C=O) groups excluding carboxylic acids is 1. The van der Waals surface area contributed by atoms with Gasteiger partial charge in [0.1, 0.15) is 0 Å². The Morgan fingerprint density at radius 3 is 2.73 bits per heavy atom. The van der Waals surface area contributed by atoms with Gasteiger partial charge in [-0.1, -0.05) is 35.9 Å². The van der Waals surface area contributed by atoms with Crippen molar-refractivity contribution in [1.29, 1.82) is 0 Å². The van der Waals surface area contributed by atoms with E-state index < -0.39 is 10.8 Å². The van der Waals surface area contributed by atoms with E-state index in [1.54, 1.807) is 16.9 Å². The molecule has 1 heterocycles. The summed E-state index contributed by atoms with van der Waals surface area (Å²) in [4.78, 5) is 22.5. The number of benzene rings is 2. The van der Waals surface area contributed by atoms with Crippen LogP contribution in [0.15, 0.2) is 54.7 Å². The zero-order chi connectivity index (χ0) is 18.7. The second-order valence-corrected chi connectivity index (χ2v) is 6.11. The molecule has 0 radical (unpaired) electrons. The maximum absolute atomic E-state index is 12.3. The normalized spacial score (nSPS) is 10.5. The Morgan fingerprint density at radius 1 is 1.27 bits per heavy atom. The van der Waals surface area contributed by atoms with Crippen LogP contribution in [-0.2, 0) is 6.54 Å². The van der Waals surface area contributed by atoms with Crippen molar-refractivity contribution < 1.29 is 9.72 Å². The number of anilines is 1. The van der Waals surface area contributed by atoms with Crippen LogP contribution < -0.4 is 5.32 Å². The molecule has 3 aromatic rings. The number of rotatable bonds is 5. The minimum absolute atomic E-state index is 0.0102. The molecule has 0 saturated carbocycles. The number of aromatic nitrogens is 2. The summed E-state index contributed by atoms with van der Waals surface area (Å²) in [5.41, 5.74) is 2.26. The van der Waals surface area contributed by atoms with Gasteiger partial charge in [0.15, 0.2) is 5.82 Å². The van der Waals surface area contributed by atoms with Crippen molar-refractivity contribution in [1.82, 2.24) is 9.78 Å². The molecule has 8 heteroatoms. The smallest absolute Gasteiger partial charge is 0.270 e. The highest BCUT2D eigenvalue weighted by atomic mass is 35.5. The van der Waals surface area contributed by atoms with Crippen LogP contribution in [0, 0.1) is 17.0 Å². The molecule has 0 aliphatic carbocycles. The average Bonchev–Trinajstić information content (AvgIpc) is 3.03. The predicted molar refractivity (Wildman–Crippen MR) is 98.6 cm³/mol. The zero-order valence-corrected chi connectivity index (χ0v) is 14.6. The summed E-state index contributed by atoms with van der Waals surface area (Å²) in [6.45, 7) is 2.61. The number of aryl methyl sites for hydroxylation is 1. The lowest BCUT2D eigenvalue weighted by molar-refractivity contribution is -0.384. The number of nitro benzene ring substituents is 1. The highest BCUT2D eigenvalue weighted by Crippen LogP contribution is 2.23. The topological polar surface area (TPSA) is 90.1 Å². The van der Waals surface area contributed by atoms with E-state index in [9.17, 15) is 14.9 Å². The second kappa shape index (κ2) is 7.37. The molecule has 7 nitrogen and oxygen atoms in total. The van der Waals surface area contributed by atoms with Crippen LogP contribution >= 0.6 is 11.6 Å².